The Morgan fingerprint density at radius 2 is 1.90 bits per heavy atom. The molecule has 110 valence electrons. The van der Waals surface area contributed by atoms with Gasteiger partial charge in [0, 0.05) is 17.8 Å². The Kier molecular flexibility index (Phi) is 4.04. The van der Waals surface area contributed by atoms with Crippen molar-refractivity contribution in [3.63, 3.8) is 0 Å². The molecule has 0 saturated heterocycles. The van der Waals surface area contributed by atoms with Crippen LogP contribution in [-0.4, -0.2) is 10.8 Å². The highest BCUT2D eigenvalue weighted by Gasteiger charge is 2.34. The number of amidine groups is 1. The van der Waals surface area contributed by atoms with Crippen molar-refractivity contribution < 1.29 is 17.9 Å². The summed E-state index contributed by atoms with van der Waals surface area (Å²) in [5, 5.41) is 7.58. The van der Waals surface area contributed by atoms with Gasteiger partial charge in [-0.15, -0.1) is 0 Å². The van der Waals surface area contributed by atoms with E-state index in [0.717, 1.165) is 18.2 Å². The van der Waals surface area contributed by atoms with Gasteiger partial charge in [-0.2, -0.15) is 13.2 Å². The van der Waals surface area contributed by atoms with Gasteiger partial charge in [-0.1, -0.05) is 11.6 Å². The Morgan fingerprint density at radius 3 is 2.48 bits per heavy atom. The van der Waals surface area contributed by atoms with Crippen LogP contribution < -0.4 is 10.5 Å². The van der Waals surface area contributed by atoms with Crippen molar-refractivity contribution in [3.8, 4) is 11.5 Å². The molecule has 1 heterocycles. The first-order valence-electron chi connectivity index (χ1n) is 5.61. The smallest absolute Gasteiger partial charge is 0.417 e. The van der Waals surface area contributed by atoms with Crippen LogP contribution in [0.4, 0.5) is 13.2 Å². The average Bonchev–Trinajstić information content (AvgIpc) is 2.37. The van der Waals surface area contributed by atoms with Gasteiger partial charge in [-0.05, 0) is 18.2 Å². The molecule has 0 saturated carbocycles. The number of alkyl halides is 3. The molecule has 0 bridgehead atoms. The molecule has 0 fully saturated rings. The maximum atomic E-state index is 12.8. The first-order valence-corrected chi connectivity index (χ1v) is 5.99. The number of nitrogen functional groups attached to an aromatic ring is 1. The molecule has 21 heavy (non-hydrogen) atoms. The summed E-state index contributed by atoms with van der Waals surface area (Å²) in [5.41, 5.74) is 3.75. The molecular weight excluding hydrogens is 307 g/mol. The lowest BCUT2D eigenvalue weighted by Gasteiger charge is -2.13. The predicted molar refractivity (Wildman–Crippen MR) is 71.8 cm³/mol. The molecule has 1 aromatic heterocycles. The van der Waals surface area contributed by atoms with E-state index in [4.69, 9.17) is 27.5 Å². The number of aromatic nitrogens is 1. The van der Waals surface area contributed by atoms with Gasteiger partial charge in [-0.25, -0.2) is 0 Å². The van der Waals surface area contributed by atoms with Crippen LogP contribution in [0.3, 0.4) is 0 Å². The van der Waals surface area contributed by atoms with Crippen LogP contribution in [0.2, 0.25) is 5.02 Å². The summed E-state index contributed by atoms with van der Waals surface area (Å²) >= 11 is 5.73. The number of pyridine rings is 1. The molecule has 3 N–H and O–H groups in total. The molecule has 2 rings (SSSR count). The van der Waals surface area contributed by atoms with Crippen molar-refractivity contribution in [1.82, 2.24) is 4.98 Å². The molecular formula is C13H9ClF3N3O. The summed E-state index contributed by atoms with van der Waals surface area (Å²) in [4.78, 5) is 3.79. The number of ether oxygens (including phenoxy) is 1. The van der Waals surface area contributed by atoms with E-state index >= 15 is 0 Å². The average molecular weight is 316 g/mol. The van der Waals surface area contributed by atoms with Crippen molar-refractivity contribution in [1.29, 1.82) is 5.41 Å². The van der Waals surface area contributed by atoms with Gasteiger partial charge in [0.1, 0.15) is 17.3 Å². The SMILES string of the molecule is N=C(N)c1cc(Oc2cncc(Cl)c2)ccc1C(F)(F)F. The fraction of sp³-hybridized carbons (Fsp3) is 0.0769. The summed E-state index contributed by atoms with van der Waals surface area (Å²) in [6, 6.07) is 4.45. The minimum Gasteiger partial charge on any atom is -0.456 e. The molecule has 0 aliphatic rings. The fourth-order valence-electron chi connectivity index (χ4n) is 1.64. The topological polar surface area (TPSA) is 72.0 Å². The summed E-state index contributed by atoms with van der Waals surface area (Å²) in [7, 11) is 0. The lowest BCUT2D eigenvalue weighted by molar-refractivity contribution is -0.137. The number of halogens is 4. The van der Waals surface area contributed by atoms with Crippen molar-refractivity contribution in [3.05, 3.63) is 52.8 Å². The maximum absolute atomic E-state index is 12.8. The zero-order valence-electron chi connectivity index (χ0n) is 10.4. The Hall–Kier alpha value is -2.28. The van der Waals surface area contributed by atoms with Crippen LogP contribution in [0.5, 0.6) is 11.5 Å². The lowest BCUT2D eigenvalue weighted by Crippen LogP contribution is -2.18. The monoisotopic (exact) mass is 315 g/mol. The molecule has 0 radical (unpaired) electrons. The van der Waals surface area contributed by atoms with Crippen LogP contribution in [0, 0.1) is 5.41 Å². The second-order valence-corrected chi connectivity index (χ2v) is 4.50. The highest BCUT2D eigenvalue weighted by molar-refractivity contribution is 6.30. The molecule has 0 aliphatic carbocycles. The van der Waals surface area contributed by atoms with E-state index < -0.39 is 23.1 Å². The zero-order valence-corrected chi connectivity index (χ0v) is 11.2. The van der Waals surface area contributed by atoms with Gasteiger partial charge in [0.25, 0.3) is 0 Å². The third-order valence-electron chi connectivity index (χ3n) is 2.50. The predicted octanol–water partition coefficient (Wildman–Crippen LogP) is 3.83. The van der Waals surface area contributed by atoms with E-state index in [2.05, 4.69) is 4.98 Å². The zero-order chi connectivity index (χ0) is 15.6. The second kappa shape index (κ2) is 5.61. The quantitative estimate of drug-likeness (QED) is 0.668. The summed E-state index contributed by atoms with van der Waals surface area (Å²) < 4.78 is 43.8. The molecule has 0 spiro atoms. The minimum absolute atomic E-state index is 0.0947. The highest BCUT2D eigenvalue weighted by atomic mass is 35.5. The van der Waals surface area contributed by atoms with Gasteiger partial charge >= 0.3 is 6.18 Å². The van der Waals surface area contributed by atoms with E-state index in [-0.39, 0.29) is 11.5 Å². The lowest BCUT2D eigenvalue weighted by atomic mass is 10.1. The van der Waals surface area contributed by atoms with Crippen molar-refractivity contribution in [2.24, 2.45) is 5.73 Å². The van der Waals surface area contributed by atoms with Crippen LogP contribution in [-0.2, 0) is 6.18 Å². The maximum Gasteiger partial charge on any atom is 0.417 e. The normalized spacial score (nSPS) is 11.2. The van der Waals surface area contributed by atoms with Crippen LogP contribution in [0.15, 0.2) is 36.7 Å². The first kappa shape index (κ1) is 15.1. The molecule has 2 aromatic rings. The van der Waals surface area contributed by atoms with E-state index in [1.807, 2.05) is 0 Å². The molecule has 0 amide bonds. The number of nitrogens with two attached hydrogens (primary N) is 1. The van der Waals surface area contributed by atoms with E-state index in [1.165, 1.54) is 18.5 Å². The third kappa shape index (κ3) is 3.63. The van der Waals surface area contributed by atoms with Gasteiger partial charge in [0.05, 0.1) is 16.8 Å². The second-order valence-electron chi connectivity index (χ2n) is 4.06. The Bertz CT molecular complexity index is 689. The summed E-state index contributed by atoms with van der Waals surface area (Å²) in [5.74, 6) is -0.342. The van der Waals surface area contributed by atoms with Crippen LogP contribution in [0.1, 0.15) is 11.1 Å². The number of benzene rings is 1. The largest absolute Gasteiger partial charge is 0.456 e. The first-order chi connectivity index (χ1) is 9.77. The van der Waals surface area contributed by atoms with Crippen LogP contribution >= 0.6 is 11.6 Å². The van der Waals surface area contributed by atoms with Gasteiger partial charge < -0.3 is 10.5 Å². The molecule has 0 atom stereocenters. The van der Waals surface area contributed by atoms with Crippen LogP contribution in [0.25, 0.3) is 0 Å². The van der Waals surface area contributed by atoms with E-state index in [9.17, 15) is 13.2 Å². The van der Waals surface area contributed by atoms with E-state index in [0.29, 0.717) is 5.02 Å². The number of hydrogen-bond acceptors (Lipinski definition) is 3. The number of rotatable bonds is 3. The van der Waals surface area contributed by atoms with E-state index in [1.54, 1.807) is 0 Å². The number of nitrogens with one attached hydrogen (secondary N) is 1. The van der Waals surface area contributed by atoms with Gasteiger partial charge in [0.2, 0.25) is 0 Å². The third-order valence-corrected chi connectivity index (χ3v) is 2.71. The Labute approximate surface area is 122 Å². The van der Waals surface area contributed by atoms with Crippen molar-refractivity contribution in [2.75, 3.05) is 0 Å². The van der Waals surface area contributed by atoms with Crippen molar-refractivity contribution >= 4 is 17.4 Å². The fourth-order valence-corrected chi connectivity index (χ4v) is 1.81. The van der Waals surface area contributed by atoms with Gasteiger partial charge in [0.15, 0.2) is 0 Å². The summed E-state index contributed by atoms with van der Waals surface area (Å²) in [6.45, 7) is 0. The standard InChI is InChI=1S/C13H9ClF3N3O/c14-7-3-9(6-20-5-7)21-8-1-2-11(13(15,16)17)10(4-8)12(18)19/h1-6H,(H3,18,19). The Morgan fingerprint density at radius 1 is 1.19 bits per heavy atom. The highest BCUT2D eigenvalue weighted by Crippen LogP contribution is 2.34. The summed E-state index contributed by atoms with van der Waals surface area (Å²) in [6.07, 6.45) is -1.85. The molecule has 0 unspecified atom stereocenters. The van der Waals surface area contributed by atoms with Crippen molar-refractivity contribution in [2.45, 2.75) is 6.18 Å². The Balaban J connectivity index is 2.39. The molecule has 8 heteroatoms. The number of nitrogens with zero attached hydrogens (tertiary/aromatic N) is 1. The molecule has 1 aromatic carbocycles. The molecule has 4 nitrogen and oxygen atoms in total. The number of hydrogen-bond donors (Lipinski definition) is 2. The molecule has 0 aliphatic heterocycles. The van der Waals surface area contributed by atoms with Gasteiger partial charge in [-0.3, -0.25) is 10.4 Å². The minimum atomic E-state index is -4.60.